The molecule has 0 aliphatic rings. The van der Waals surface area contributed by atoms with Crippen molar-refractivity contribution in [1.29, 1.82) is 0 Å². The number of aliphatic hydroxyl groups is 1. The van der Waals surface area contributed by atoms with Crippen molar-refractivity contribution in [3.63, 3.8) is 0 Å². The lowest BCUT2D eigenvalue weighted by molar-refractivity contribution is 0.0911. The first kappa shape index (κ1) is 19.0. The number of aromatic nitrogens is 2. The number of urea groups is 1. The Balaban J connectivity index is 1.97. The van der Waals surface area contributed by atoms with E-state index in [1.807, 2.05) is 56.3 Å². The summed E-state index contributed by atoms with van der Waals surface area (Å²) in [4.78, 5) is 14.2. The first-order valence-electron chi connectivity index (χ1n) is 8.30. The molecule has 2 unspecified atom stereocenters. The van der Waals surface area contributed by atoms with Gasteiger partial charge < -0.3 is 15.3 Å². The zero-order valence-electron chi connectivity index (χ0n) is 15.2. The molecule has 2 atom stereocenters. The summed E-state index contributed by atoms with van der Waals surface area (Å²) < 4.78 is 1.62. The number of hydrogen-bond donors (Lipinski definition) is 3. The van der Waals surface area contributed by atoms with Crippen LogP contribution in [0.4, 0.5) is 10.6 Å². The highest BCUT2D eigenvalue weighted by Gasteiger charge is 2.22. The van der Waals surface area contributed by atoms with Gasteiger partial charge in [-0.25, -0.2) is 4.79 Å². The number of benzene rings is 1. The first-order valence-corrected chi connectivity index (χ1v) is 8.30. The summed E-state index contributed by atoms with van der Waals surface area (Å²) in [7, 11) is 5.67. The van der Waals surface area contributed by atoms with Crippen LogP contribution in [0.2, 0.25) is 0 Å². The minimum atomic E-state index is -0.650. The Labute approximate surface area is 148 Å². The Kier molecular flexibility index (Phi) is 6.55. The lowest BCUT2D eigenvalue weighted by Crippen LogP contribution is -2.39. The molecule has 2 aromatic rings. The van der Waals surface area contributed by atoms with Crippen molar-refractivity contribution in [2.45, 2.75) is 13.0 Å². The second-order valence-electron chi connectivity index (χ2n) is 6.51. The van der Waals surface area contributed by atoms with Crippen molar-refractivity contribution < 1.29 is 9.90 Å². The zero-order valence-corrected chi connectivity index (χ0v) is 15.2. The van der Waals surface area contributed by atoms with E-state index in [2.05, 4.69) is 15.7 Å². The molecule has 2 rings (SSSR count). The number of amides is 2. The number of carbonyl (C=O) groups excluding carboxylic acids is 1. The third-order valence-electron chi connectivity index (χ3n) is 3.96. The molecule has 0 fully saturated rings. The van der Waals surface area contributed by atoms with Gasteiger partial charge in [0.25, 0.3) is 0 Å². The van der Waals surface area contributed by atoms with Crippen LogP contribution in [0, 0.1) is 12.8 Å². The van der Waals surface area contributed by atoms with E-state index < -0.39 is 6.10 Å². The van der Waals surface area contributed by atoms with E-state index >= 15 is 0 Å². The van der Waals surface area contributed by atoms with Gasteiger partial charge in [-0.3, -0.25) is 10.00 Å². The van der Waals surface area contributed by atoms with Crippen LogP contribution in [-0.2, 0) is 7.05 Å². The fourth-order valence-corrected chi connectivity index (χ4v) is 2.78. The predicted molar refractivity (Wildman–Crippen MR) is 98.4 cm³/mol. The van der Waals surface area contributed by atoms with E-state index in [1.54, 1.807) is 17.8 Å². The summed E-state index contributed by atoms with van der Waals surface area (Å²) in [6, 6.07) is 11.0. The third-order valence-corrected chi connectivity index (χ3v) is 3.96. The minimum Gasteiger partial charge on any atom is -0.388 e. The summed E-state index contributed by atoms with van der Waals surface area (Å²) in [5.41, 5.74) is 1.68. The molecule has 25 heavy (non-hydrogen) atoms. The molecule has 0 aliphatic carbocycles. The number of anilines is 1. The number of hydrogen-bond acceptors (Lipinski definition) is 4. The molecule has 7 nitrogen and oxygen atoms in total. The van der Waals surface area contributed by atoms with E-state index in [1.165, 1.54) is 0 Å². The number of rotatable bonds is 7. The second kappa shape index (κ2) is 8.64. The van der Waals surface area contributed by atoms with Gasteiger partial charge in [0.05, 0.1) is 11.8 Å². The average Bonchev–Trinajstić information content (AvgIpc) is 2.88. The Hall–Kier alpha value is -2.38. The lowest BCUT2D eigenvalue weighted by Gasteiger charge is -2.26. The number of carbonyl (C=O) groups is 1. The summed E-state index contributed by atoms with van der Waals surface area (Å²) in [5, 5.41) is 20.5. The molecule has 3 N–H and O–H groups in total. The van der Waals surface area contributed by atoms with Crippen molar-refractivity contribution in [1.82, 2.24) is 20.0 Å². The Bertz CT molecular complexity index is 684. The molecule has 0 radical (unpaired) electrons. The molecule has 0 bridgehead atoms. The van der Waals surface area contributed by atoms with Gasteiger partial charge >= 0.3 is 6.03 Å². The quantitative estimate of drug-likeness (QED) is 0.714. The Morgan fingerprint density at radius 2 is 2.00 bits per heavy atom. The molecule has 136 valence electrons. The molecule has 0 saturated carbocycles. The van der Waals surface area contributed by atoms with Crippen LogP contribution in [0.1, 0.15) is 17.4 Å². The van der Waals surface area contributed by atoms with Gasteiger partial charge in [0.15, 0.2) is 0 Å². The van der Waals surface area contributed by atoms with Gasteiger partial charge in [-0.1, -0.05) is 30.3 Å². The van der Waals surface area contributed by atoms with Crippen molar-refractivity contribution in [3.05, 3.63) is 47.7 Å². The highest BCUT2D eigenvalue weighted by atomic mass is 16.3. The van der Waals surface area contributed by atoms with Gasteiger partial charge in [-0.15, -0.1) is 0 Å². The summed E-state index contributed by atoms with van der Waals surface area (Å²) in [6.45, 7) is 2.88. The standard InChI is InChI=1S/C18H27N5O2/c1-13-10-16(23(4)21-13)20-18(25)19-11-15(12-22(2)3)17(24)14-8-6-5-7-9-14/h5-10,15,17,24H,11-12H2,1-4H3,(H2,19,20,25). The fraction of sp³-hybridized carbons (Fsp3) is 0.444. The number of aliphatic hydroxyl groups excluding tert-OH is 1. The number of nitrogens with one attached hydrogen (secondary N) is 2. The van der Waals surface area contributed by atoms with E-state index in [0.29, 0.717) is 18.9 Å². The third kappa shape index (κ3) is 5.58. The topological polar surface area (TPSA) is 82.4 Å². The zero-order chi connectivity index (χ0) is 18.4. The molecule has 7 heteroatoms. The maximum Gasteiger partial charge on any atom is 0.320 e. The monoisotopic (exact) mass is 345 g/mol. The number of nitrogens with zero attached hydrogens (tertiary/aromatic N) is 3. The molecule has 1 aromatic carbocycles. The van der Waals surface area contributed by atoms with Gasteiger partial charge in [0.1, 0.15) is 5.82 Å². The normalized spacial score (nSPS) is 13.5. The summed E-state index contributed by atoms with van der Waals surface area (Å²) in [6.07, 6.45) is -0.650. The summed E-state index contributed by atoms with van der Waals surface area (Å²) in [5.74, 6) is 0.499. The van der Waals surface area contributed by atoms with Crippen LogP contribution in [0.15, 0.2) is 36.4 Å². The van der Waals surface area contributed by atoms with Crippen molar-refractivity contribution in [2.24, 2.45) is 13.0 Å². The van der Waals surface area contributed by atoms with Crippen molar-refractivity contribution >= 4 is 11.8 Å². The van der Waals surface area contributed by atoms with E-state index in [9.17, 15) is 9.90 Å². The maximum absolute atomic E-state index is 12.2. The van der Waals surface area contributed by atoms with Crippen LogP contribution in [0.5, 0.6) is 0 Å². The molecule has 0 spiro atoms. The van der Waals surface area contributed by atoms with Gasteiger partial charge in [-0.2, -0.15) is 5.10 Å². The van der Waals surface area contributed by atoms with Crippen molar-refractivity contribution in [2.75, 3.05) is 32.5 Å². The fourth-order valence-electron chi connectivity index (χ4n) is 2.78. The first-order chi connectivity index (χ1) is 11.9. The molecule has 1 aromatic heterocycles. The largest absolute Gasteiger partial charge is 0.388 e. The molecular weight excluding hydrogens is 318 g/mol. The highest BCUT2D eigenvalue weighted by Crippen LogP contribution is 2.22. The lowest BCUT2D eigenvalue weighted by atomic mass is 9.95. The SMILES string of the molecule is Cc1cc(NC(=O)NCC(CN(C)C)C(O)c2ccccc2)n(C)n1. The van der Waals surface area contributed by atoms with Gasteiger partial charge in [-0.05, 0) is 26.6 Å². The van der Waals surface area contributed by atoms with Gasteiger partial charge in [0, 0.05) is 32.1 Å². The predicted octanol–water partition coefficient (Wildman–Crippen LogP) is 1.76. The Morgan fingerprint density at radius 1 is 1.32 bits per heavy atom. The highest BCUT2D eigenvalue weighted by molar-refractivity contribution is 5.88. The molecule has 1 heterocycles. The summed E-state index contributed by atoms with van der Waals surface area (Å²) >= 11 is 0. The number of aryl methyl sites for hydroxylation is 2. The van der Waals surface area contributed by atoms with Crippen LogP contribution < -0.4 is 10.6 Å². The molecular formula is C18H27N5O2. The van der Waals surface area contributed by atoms with Crippen LogP contribution in [0.3, 0.4) is 0 Å². The van der Waals surface area contributed by atoms with E-state index in [4.69, 9.17) is 0 Å². The van der Waals surface area contributed by atoms with Crippen molar-refractivity contribution in [3.8, 4) is 0 Å². The van der Waals surface area contributed by atoms with E-state index in [-0.39, 0.29) is 11.9 Å². The van der Waals surface area contributed by atoms with Crippen LogP contribution in [-0.4, -0.2) is 53.0 Å². The van der Waals surface area contributed by atoms with Crippen LogP contribution in [0.25, 0.3) is 0 Å². The average molecular weight is 345 g/mol. The Morgan fingerprint density at radius 3 is 2.56 bits per heavy atom. The smallest absolute Gasteiger partial charge is 0.320 e. The van der Waals surface area contributed by atoms with Gasteiger partial charge in [0.2, 0.25) is 0 Å². The molecule has 0 aliphatic heterocycles. The minimum absolute atomic E-state index is 0.128. The molecule has 2 amide bonds. The van der Waals surface area contributed by atoms with E-state index in [0.717, 1.165) is 11.3 Å². The second-order valence-corrected chi connectivity index (χ2v) is 6.51. The molecule has 0 saturated heterocycles. The van der Waals surface area contributed by atoms with Crippen LogP contribution >= 0.6 is 0 Å². The maximum atomic E-state index is 12.2.